The molecule has 1 fully saturated rings. The molecule has 1 aliphatic rings. The lowest BCUT2D eigenvalue weighted by Crippen LogP contribution is -2.27. The van der Waals surface area contributed by atoms with Crippen LogP contribution in [0.3, 0.4) is 0 Å². The fraction of sp³-hybridized carbons (Fsp3) is 0.269. The predicted octanol–water partition coefficient (Wildman–Crippen LogP) is 4.94. The second-order valence-electron chi connectivity index (χ2n) is 9.09. The largest absolute Gasteiger partial charge is 0.480 e. The number of nitrogens with one attached hydrogen (secondary N) is 3. The SMILES string of the molecule is CNC(=O)[C@H]1CC[C@H](Nc2ncc3cc(-c4ccnc(NN(O)Sc5cc(Cl)cnc5OC)c4F)ccc3n2)C1. The molecule has 2 atom stereocenters. The molecule has 1 aliphatic carbocycles. The molecule has 1 aromatic carbocycles. The van der Waals surface area contributed by atoms with Crippen LogP contribution in [0.2, 0.25) is 5.02 Å². The number of rotatable bonds is 9. The highest BCUT2D eigenvalue weighted by molar-refractivity contribution is 7.97. The van der Waals surface area contributed by atoms with Crippen LogP contribution in [-0.2, 0) is 4.79 Å². The molecule has 4 N–H and O–H groups in total. The standard InChI is InChI=1S/C26H26ClFN8O3S/c1-29-24(37)15-3-5-18(10-15)33-26-32-12-16-9-14(4-6-20(16)34-26)19-7-8-30-23(22(19)28)35-36(38)40-21-11-17(27)13-31-25(21)39-2/h4,6-9,11-13,15,18,38H,3,5,10H2,1-2H3,(H,29,37)(H,30,35)(H,32,33,34)/t15-,18-/m0/s1. The lowest BCUT2D eigenvalue weighted by molar-refractivity contribution is -0.124. The fourth-order valence-electron chi connectivity index (χ4n) is 4.59. The molecule has 1 saturated carbocycles. The number of hydrogen-bond donors (Lipinski definition) is 4. The first kappa shape index (κ1) is 27.8. The first-order valence-corrected chi connectivity index (χ1v) is 13.5. The molecular formula is C26H26ClFN8O3S. The minimum Gasteiger partial charge on any atom is -0.480 e. The summed E-state index contributed by atoms with van der Waals surface area (Å²) in [6.45, 7) is 0. The maximum absolute atomic E-state index is 15.5. The molecule has 0 saturated heterocycles. The van der Waals surface area contributed by atoms with Crippen molar-refractivity contribution in [2.24, 2.45) is 5.92 Å². The summed E-state index contributed by atoms with van der Waals surface area (Å²) in [7, 11) is 3.09. The molecule has 208 valence electrons. The lowest BCUT2D eigenvalue weighted by Gasteiger charge is -2.17. The van der Waals surface area contributed by atoms with E-state index >= 15 is 4.39 Å². The molecule has 0 bridgehead atoms. The van der Waals surface area contributed by atoms with Gasteiger partial charge in [0.2, 0.25) is 17.7 Å². The van der Waals surface area contributed by atoms with Gasteiger partial charge in [0.05, 0.1) is 22.5 Å². The van der Waals surface area contributed by atoms with Gasteiger partial charge in [0, 0.05) is 60.5 Å². The average molecular weight is 585 g/mol. The highest BCUT2D eigenvalue weighted by atomic mass is 35.5. The number of halogens is 2. The minimum absolute atomic E-state index is 0.00617. The van der Waals surface area contributed by atoms with Crippen molar-refractivity contribution in [3.05, 3.63) is 59.8 Å². The summed E-state index contributed by atoms with van der Waals surface area (Å²) in [5, 5.41) is 17.5. The Labute approximate surface area is 238 Å². The number of aromatic nitrogens is 4. The Hall–Kier alpha value is -3.78. The van der Waals surface area contributed by atoms with Crippen molar-refractivity contribution in [1.82, 2.24) is 29.8 Å². The Morgan fingerprint density at radius 3 is 2.85 bits per heavy atom. The maximum Gasteiger partial charge on any atom is 0.228 e. The number of methoxy groups -OCH3 is 1. The highest BCUT2D eigenvalue weighted by Gasteiger charge is 2.29. The van der Waals surface area contributed by atoms with Gasteiger partial charge in [-0.2, -0.15) is 0 Å². The Balaban J connectivity index is 1.30. The summed E-state index contributed by atoms with van der Waals surface area (Å²) in [6.07, 6.45) is 6.93. The normalized spacial score (nSPS) is 16.8. The zero-order valence-electron chi connectivity index (χ0n) is 21.6. The lowest BCUT2D eigenvalue weighted by atomic mass is 10.0. The molecule has 4 aromatic rings. The van der Waals surface area contributed by atoms with Gasteiger partial charge in [-0.1, -0.05) is 17.7 Å². The van der Waals surface area contributed by atoms with Crippen molar-refractivity contribution < 1.29 is 19.1 Å². The van der Waals surface area contributed by atoms with Crippen LogP contribution < -0.4 is 20.8 Å². The molecule has 0 spiro atoms. The zero-order chi connectivity index (χ0) is 28.2. The smallest absolute Gasteiger partial charge is 0.228 e. The Kier molecular flexibility index (Phi) is 8.45. The number of nitrogens with zero attached hydrogens (tertiary/aromatic N) is 5. The molecule has 3 aromatic heterocycles. The predicted molar refractivity (Wildman–Crippen MR) is 150 cm³/mol. The van der Waals surface area contributed by atoms with Gasteiger partial charge >= 0.3 is 0 Å². The first-order valence-electron chi connectivity index (χ1n) is 12.4. The van der Waals surface area contributed by atoms with Gasteiger partial charge in [-0.15, -0.1) is 0 Å². The van der Waals surface area contributed by atoms with Crippen LogP contribution >= 0.6 is 23.5 Å². The van der Waals surface area contributed by atoms with E-state index in [0.29, 0.717) is 31.5 Å². The number of anilines is 2. The van der Waals surface area contributed by atoms with E-state index in [4.69, 9.17) is 16.3 Å². The number of carbonyl (C=O) groups is 1. The number of hydrogen-bond acceptors (Lipinski definition) is 11. The third-order valence-electron chi connectivity index (χ3n) is 6.53. The third kappa shape index (κ3) is 6.17. The molecule has 40 heavy (non-hydrogen) atoms. The van der Waals surface area contributed by atoms with E-state index in [-0.39, 0.29) is 35.1 Å². The Morgan fingerprint density at radius 2 is 2.05 bits per heavy atom. The van der Waals surface area contributed by atoms with Gasteiger partial charge in [-0.25, -0.2) is 24.3 Å². The number of amides is 1. The zero-order valence-corrected chi connectivity index (χ0v) is 23.1. The molecule has 0 aliphatic heterocycles. The molecule has 0 radical (unpaired) electrons. The summed E-state index contributed by atoms with van der Waals surface area (Å²) in [5.74, 6) is -0.0786. The van der Waals surface area contributed by atoms with Crippen LogP contribution in [0, 0.1) is 11.7 Å². The highest BCUT2D eigenvalue weighted by Crippen LogP contribution is 2.33. The van der Waals surface area contributed by atoms with E-state index in [1.807, 2.05) is 0 Å². The molecular weight excluding hydrogens is 559 g/mol. The molecule has 1 amide bonds. The van der Waals surface area contributed by atoms with Crippen LogP contribution in [0.1, 0.15) is 19.3 Å². The van der Waals surface area contributed by atoms with Gasteiger partial charge in [0.1, 0.15) is 0 Å². The van der Waals surface area contributed by atoms with Crippen molar-refractivity contribution >= 4 is 52.1 Å². The van der Waals surface area contributed by atoms with Crippen molar-refractivity contribution in [1.29, 1.82) is 0 Å². The summed E-state index contributed by atoms with van der Waals surface area (Å²) >= 11 is 6.78. The van der Waals surface area contributed by atoms with Crippen LogP contribution in [0.25, 0.3) is 22.0 Å². The average Bonchev–Trinajstić information content (AvgIpc) is 3.42. The number of fused-ring (bicyclic) bond motifs is 1. The fourth-order valence-corrected chi connectivity index (χ4v) is 5.52. The quantitative estimate of drug-likeness (QED) is 0.157. The molecule has 11 nitrogen and oxygen atoms in total. The van der Waals surface area contributed by atoms with Gasteiger partial charge in [-0.3, -0.25) is 15.4 Å². The van der Waals surface area contributed by atoms with Crippen molar-refractivity contribution in [2.45, 2.75) is 30.2 Å². The second kappa shape index (κ2) is 12.2. The number of carbonyl (C=O) groups excluding carboxylic acids is 1. The third-order valence-corrected chi connectivity index (χ3v) is 7.49. The summed E-state index contributed by atoms with van der Waals surface area (Å²) in [6, 6.07) is 8.55. The number of ether oxygens (including phenoxy) is 1. The van der Waals surface area contributed by atoms with Crippen molar-refractivity contribution in [3.8, 4) is 17.0 Å². The Bertz CT molecular complexity index is 1550. The van der Waals surface area contributed by atoms with E-state index in [1.165, 1.54) is 19.5 Å². The van der Waals surface area contributed by atoms with E-state index < -0.39 is 5.82 Å². The summed E-state index contributed by atoms with van der Waals surface area (Å²) in [5.41, 5.74) is 4.06. The second-order valence-corrected chi connectivity index (χ2v) is 10.5. The van der Waals surface area contributed by atoms with E-state index in [0.717, 1.165) is 36.6 Å². The molecule has 3 heterocycles. The van der Waals surface area contributed by atoms with E-state index in [2.05, 4.69) is 36.0 Å². The van der Waals surface area contributed by atoms with Crippen LogP contribution in [0.5, 0.6) is 5.88 Å². The van der Waals surface area contributed by atoms with Crippen LogP contribution in [0.4, 0.5) is 16.2 Å². The van der Waals surface area contributed by atoms with Gasteiger partial charge in [-0.05, 0) is 53.7 Å². The topological polar surface area (TPSA) is 137 Å². The molecule has 0 unspecified atom stereocenters. The van der Waals surface area contributed by atoms with Gasteiger partial charge in [0.15, 0.2) is 11.6 Å². The van der Waals surface area contributed by atoms with Crippen LogP contribution in [-0.4, -0.2) is 55.8 Å². The van der Waals surface area contributed by atoms with Gasteiger partial charge in [0.25, 0.3) is 0 Å². The van der Waals surface area contributed by atoms with Gasteiger partial charge < -0.3 is 15.4 Å². The number of benzene rings is 1. The summed E-state index contributed by atoms with van der Waals surface area (Å²) in [4.78, 5) is 29.4. The van der Waals surface area contributed by atoms with Crippen molar-refractivity contribution in [2.75, 3.05) is 24.9 Å². The molecule has 5 rings (SSSR count). The minimum atomic E-state index is -0.663. The summed E-state index contributed by atoms with van der Waals surface area (Å²) < 4.78 is 21.2. The maximum atomic E-state index is 15.5. The van der Waals surface area contributed by atoms with Crippen LogP contribution in [0.15, 0.2) is 53.8 Å². The van der Waals surface area contributed by atoms with E-state index in [1.54, 1.807) is 43.6 Å². The monoisotopic (exact) mass is 584 g/mol. The molecule has 14 heteroatoms. The Morgan fingerprint density at radius 1 is 1.20 bits per heavy atom. The van der Waals surface area contributed by atoms with E-state index in [9.17, 15) is 10.0 Å². The first-order chi connectivity index (χ1) is 19.3. The van der Waals surface area contributed by atoms with Crippen molar-refractivity contribution in [3.63, 3.8) is 0 Å². The number of pyridine rings is 2. The number of hydrazine groups is 1.